The van der Waals surface area contributed by atoms with Gasteiger partial charge in [-0.05, 0) is 37.5 Å². The van der Waals surface area contributed by atoms with E-state index in [2.05, 4.69) is 10.3 Å². The van der Waals surface area contributed by atoms with Gasteiger partial charge in [0.15, 0.2) is 0 Å². The fourth-order valence-corrected chi connectivity index (χ4v) is 3.55. The van der Waals surface area contributed by atoms with Gasteiger partial charge in [0, 0.05) is 41.6 Å². The molecule has 3 N–H and O–H groups in total. The average molecular weight is 384 g/mol. The van der Waals surface area contributed by atoms with E-state index in [4.69, 9.17) is 24.3 Å². The minimum Gasteiger partial charge on any atom is -0.378 e. The normalized spacial score (nSPS) is 21.3. The summed E-state index contributed by atoms with van der Waals surface area (Å²) in [5.41, 5.74) is 8.03. The number of ether oxygens (including phenoxy) is 2. The molecule has 146 valence electrons. The maximum atomic E-state index is 11.3. The van der Waals surface area contributed by atoms with Gasteiger partial charge in [-0.3, -0.25) is 5.32 Å². The largest absolute Gasteiger partial charge is 0.378 e. The number of anilines is 1. The van der Waals surface area contributed by atoms with Crippen molar-refractivity contribution in [1.29, 1.82) is 0 Å². The molecule has 3 aromatic rings. The predicted molar refractivity (Wildman–Crippen MR) is 105 cm³/mol. The number of nitrogens with two attached hydrogens (primary N) is 1. The van der Waals surface area contributed by atoms with E-state index in [1.807, 2.05) is 19.1 Å². The number of hydrogen-bond donors (Lipinski definition) is 2. The van der Waals surface area contributed by atoms with Crippen molar-refractivity contribution in [3.05, 3.63) is 47.5 Å². The summed E-state index contributed by atoms with van der Waals surface area (Å²) in [5, 5.41) is 2.42. The Balaban J connectivity index is 1.94. The van der Waals surface area contributed by atoms with E-state index in [-0.39, 0.29) is 11.5 Å². The van der Waals surface area contributed by atoms with Gasteiger partial charge in [-0.1, -0.05) is 0 Å². The van der Waals surface area contributed by atoms with Crippen LogP contribution in [-0.4, -0.2) is 40.7 Å². The molecule has 1 aliphatic heterocycles. The van der Waals surface area contributed by atoms with Crippen LogP contribution < -0.4 is 11.1 Å². The Morgan fingerprint density at radius 3 is 2.96 bits per heavy atom. The Labute approximate surface area is 166 Å². The highest BCUT2D eigenvalue weighted by Gasteiger charge is 2.38. The maximum Gasteiger partial charge on any atom is 0.317 e. The molecule has 0 radical (unpaired) electrons. The molecular formula is C20H23N5O3. The van der Waals surface area contributed by atoms with Crippen molar-refractivity contribution in [2.75, 3.05) is 25.6 Å². The molecule has 2 amide bonds. The number of amides is 2. The third kappa shape index (κ3) is 3.10. The van der Waals surface area contributed by atoms with Crippen molar-refractivity contribution in [2.45, 2.75) is 25.8 Å². The molecule has 3 aromatic heterocycles. The lowest BCUT2D eigenvalue weighted by Gasteiger charge is -2.26. The molecule has 28 heavy (non-hydrogen) atoms. The van der Waals surface area contributed by atoms with Crippen molar-refractivity contribution >= 4 is 17.4 Å². The van der Waals surface area contributed by atoms with Gasteiger partial charge < -0.3 is 19.6 Å². The Morgan fingerprint density at radius 1 is 1.43 bits per heavy atom. The minimum absolute atomic E-state index is 0.0890. The Bertz CT molecular complexity index is 1150. The number of fused-ring (bicyclic) bond motifs is 1. The summed E-state index contributed by atoms with van der Waals surface area (Å²) < 4.78 is 36.6. The van der Waals surface area contributed by atoms with E-state index in [0.29, 0.717) is 36.4 Å². The molecule has 1 aliphatic rings. The second-order valence-corrected chi connectivity index (χ2v) is 6.88. The first kappa shape index (κ1) is 15.0. The number of urea groups is 1. The SMILES string of the molecule is [2H]C([2H])([2H])c1cc(-c2cc(C)cc([C@]3(OC)CCOC3)n2)c2cc(NC(N)=O)ncn12. The Kier molecular flexibility index (Phi) is 3.69. The number of aromatic nitrogens is 3. The third-order valence-electron chi connectivity index (χ3n) is 5.00. The van der Waals surface area contributed by atoms with Gasteiger partial charge in [0.25, 0.3) is 0 Å². The van der Waals surface area contributed by atoms with E-state index in [1.54, 1.807) is 19.2 Å². The topological polar surface area (TPSA) is 104 Å². The van der Waals surface area contributed by atoms with Crippen LogP contribution in [0.5, 0.6) is 0 Å². The number of nitrogens with zero attached hydrogens (tertiary/aromatic N) is 3. The summed E-state index contributed by atoms with van der Waals surface area (Å²) in [4.78, 5) is 20.2. The molecule has 1 saturated heterocycles. The molecule has 8 nitrogen and oxygen atoms in total. The van der Waals surface area contributed by atoms with Crippen LogP contribution in [0.15, 0.2) is 30.6 Å². The van der Waals surface area contributed by atoms with E-state index >= 15 is 0 Å². The van der Waals surface area contributed by atoms with Gasteiger partial charge >= 0.3 is 6.03 Å². The van der Waals surface area contributed by atoms with E-state index < -0.39 is 18.5 Å². The van der Waals surface area contributed by atoms with Crippen LogP contribution in [0, 0.1) is 13.8 Å². The summed E-state index contributed by atoms with van der Waals surface area (Å²) in [6.07, 6.45) is 2.02. The Morgan fingerprint density at radius 2 is 2.29 bits per heavy atom. The second kappa shape index (κ2) is 6.88. The molecule has 1 atom stereocenters. The molecule has 0 bridgehead atoms. The van der Waals surface area contributed by atoms with Gasteiger partial charge in [0.1, 0.15) is 17.7 Å². The van der Waals surface area contributed by atoms with Crippen molar-refractivity contribution < 1.29 is 18.4 Å². The lowest BCUT2D eigenvalue weighted by molar-refractivity contribution is -0.0245. The van der Waals surface area contributed by atoms with Gasteiger partial charge in [-0.2, -0.15) is 0 Å². The number of aryl methyl sites for hydroxylation is 2. The van der Waals surface area contributed by atoms with E-state index in [1.165, 1.54) is 10.7 Å². The fourth-order valence-electron chi connectivity index (χ4n) is 3.55. The Hall–Kier alpha value is -2.97. The smallest absolute Gasteiger partial charge is 0.317 e. The van der Waals surface area contributed by atoms with Crippen molar-refractivity contribution in [2.24, 2.45) is 5.73 Å². The lowest BCUT2D eigenvalue weighted by atomic mass is 9.95. The summed E-state index contributed by atoms with van der Waals surface area (Å²) in [5.74, 6) is 0.210. The highest BCUT2D eigenvalue weighted by molar-refractivity contribution is 5.89. The first-order valence-corrected chi connectivity index (χ1v) is 8.83. The van der Waals surface area contributed by atoms with Crippen molar-refractivity contribution in [3.8, 4) is 11.3 Å². The first-order valence-electron chi connectivity index (χ1n) is 10.3. The number of primary amides is 1. The van der Waals surface area contributed by atoms with Crippen molar-refractivity contribution in [3.63, 3.8) is 0 Å². The number of pyridine rings is 1. The third-order valence-corrected chi connectivity index (χ3v) is 5.00. The fraction of sp³-hybridized carbons (Fsp3) is 0.350. The molecule has 4 heterocycles. The zero-order valence-corrected chi connectivity index (χ0v) is 15.7. The van der Waals surface area contributed by atoms with Gasteiger partial charge in [-0.25, -0.2) is 14.8 Å². The van der Waals surface area contributed by atoms with Gasteiger partial charge in [0.2, 0.25) is 0 Å². The molecule has 1 fully saturated rings. The van der Waals surface area contributed by atoms with Gasteiger partial charge in [-0.15, -0.1) is 0 Å². The zero-order valence-electron chi connectivity index (χ0n) is 18.7. The second-order valence-electron chi connectivity index (χ2n) is 6.88. The lowest BCUT2D eigenvalue weighted by Crippen LogP contribution is -2.30. The summed E-state index contributed by atoms with van der Waals surface area (Å²) in [6.45, 7) is 0.539. The number of nitrogens with one attached hydrogen (secondary N) is 1. The minimum atomic E-state index is -2.37. The van der Waals surface area contributed by atoms with Crippen LogP contribution in [0.4, 0.5) is 10.6 Å². The maximum absolute atomic E-state index is 11.3. The van der Waals surface area contributed by atoms with Crippen LogP contribution in [-0.2, 0) is 15.1 Å². The number of carbonyl (C=O) groups excluding carboxylic acids is 1. The molecule has 0 aliphatic carbocycles. The monoisotopic (exact) mass is 384 g/mol. The van der Waals surface area contributed by atoms with E-state index in [9.17, 15) is 4.79 Å². The van der Waals surface area contributed by atoms with Crippen molar-refractivity contribution in [1.82, 2.24) is 14.4 Å². The molecule has 4 rings (SSSR count). The highest BCUT2D eigenvalue weighted by atomic mass is 16.5. The standard InChI is InChI=1S/C20H23N5O3/c1-12-6-15(23-17(7-12)20(27-3)4-5-28-10-20)14-8-13(2)25-11-22-18(9-16(14)25)24-19(21)26/h6-9,11H,4-5,10H2,1-3H3,(H3,21,24,26)/t20-/m0/s1/i2D3. The first-order chi connectivity index (χ1) is 14.6. The van der Waals surface area contributed by atoms with Crippen LogP contribution in [0.2, 0.25) is 0 Å². The quantitative estimate of drug-likeness (QED) is 0.720. The molecular weight excluding hydrogens is 358 g/mol. The summed E-state index contributed by atoms with van der Waals surface area (Å²) >= 11 is 0. The molecule has 0 saturated carbocycles. The number of methoxy groups -OCH3 is 1. The number of carbonyl (C=O) groups is 1. The van der Waals surface area contributed by atoms with Crippen LogP contribution in [0.1, 0.15) is 27.5 Å². The molecule has 0 spiro atoms. The van der Waals surface area contributed by atoms with Crippen LogP contribution >= 0.6 is 0 Å². The summed E-state index contributed by atoms with van der Waals surface area (Å²) in [6, 6.07) is 6.22. The van der Waals surface area contributed by atoms with Gasteiger partial charge in [0.05, 0.1) is 23.5 Å². The summed E-state index contributed by atoms with van der Waals surface area (Å²) in [7, 11) is 1.63. The average Bonchev–Trinajstić information content (AvgIpc) is 3.32. The van der Waals surface area contributed by atoms with E-state index in [0.717, 1.165) is 11.3 Å². The molecule has 0 aromatic carbocycles. The highest BCUT2D eigenvalue weighted by Crippen LogP contribution is 2.36. The molecule has 8 heteroatoms. The number of rotatable bonds is 4. The predicted octanol–water partition coefficient (Wildman–Crippen LogP) is 2.77. The van der Waals surface area contributed by atoms with Crippen LogP contribution in [0.25, 0.3) is 16.8 Å². The zero-order chi connectivity index (χ0) is 22.4. The number of hydrogen-bond acceptors (Lipinski definition) is 5. The molecule has 0 unspecified atom stereocenters. The van der Waals surface area contributed by atoms with Crippen LogP contribution in [0.3, 0.4) is 0 Å².